The van der Waals surface area contributed by atoms with Crippen LogP contribution in [0.15, 0.2) is 53.9 Å². The molecule has 0 unspecified atom stereocenters. The third kappa shape index (κ3) is 7.20. The van der Waals surface area contributed by atoms with E-state index in [4.69, 9.17) is 21.5 Å². The summed E-state index contributed by atoms with van der Waals surface area (Å²) >= 11 is 6.04. The van der Waals surface area contributed by atoms with Crippen molar-refractivity contribution in [3.63, 3.8) is 0 Å². The maximum absolute atomic E-state index is 11.1. The van der Waals surface area contributed by atoms with E-state index in [-0.39, 0.29) is 25.4 Å². The molecule has 0 radical (unpaired) electrons. The average Bonchev–Trinajstić information content (AvgIpc) is 3.21. The van der Waals surface area contributed by atoms with Crippen molar-refractivity contribution in [2.45, 2.75) is 18.7 Å². The molecule has 0 saturated carbocycles. The predicted octanol–water partition coefficient (Wildman–Crippen LogP) is -0.0794. The molecule has 0 atom stereocenters. The van der Waals surface area contributed by atoms with Crippen LogP contribution in [0, 0.1) is 4.77 Å². The normalized spacial score (nSPS) is 10.4. The Morgan fingerprint density at radius 3 is 2.64 bits per heavy atom. The van der Waals surface area contributed by atoms with Gasteiger partial charge >= 0.3 is 18.9 Å². The summed E-state index contributed by atoms with van der Waals surface area (Å²) in [6.45, 7) is 7.98. The first kappa shape index (κ1) is 26.7. The van der Waals surface area contributed by atoms with Crippen molar-refractivity contribution >= 4 is 47.2 Å². The van der Waals surface area contributed by atoms with E-state index in [9.17, 15) is 9.90 Å². The number of hydrogen-bond donors (Lipinski definition) is 2. The smallest absolute Gasteiger partial charge is 0.548 e. The van der Waals surface area contributed by atoms with Gasteiger partial charge in [-0.3, -0.25) is 0 Å². The number of carboxylic acid groups (broad SMARTS) is 1. The van der Waals surface area contributed by atoms with Gasteiger partial charge in [0.15, 0.2) is 0 Å². The molecular formula is C20H21LiN6O4S2. The van der Waals surface area contributed by atoms with Gasteiger partial charge in [-0.25, -0.2) is 10.2 Å². The molecule has 0 amide bonds. The number of carbonyl (C=O) groups is 1. The summed E-state index contributed by atoms with van der Waals surface area (Å²) < 4.78 is 7.06. The molecule has 1 heterocycles. The SMILES string of the molecule is C=C(C)c1ccc(SOONc2ccc(-n3[nH]nnc3=S)cc2)cc1N(CC)CC(=O)[O-].[Li+]. The van der Waals surface area contributed by atoms with E-state index in [0.29, 0.717) is 17.0 Å². The van der Waals surface area contributed by atoms with Gasteiger partial charge in [0.25, 0.3) is 0 Å². The van der Waals surface area contributed by atoms with Crippen molar-refractivity contribution < 1.29 is 38.1 Å². The zero-order valence-corrected chi connectivity index (χ0v) is 20.0. The van der Waals surface area contributed by atoms with Crippen LogP contribution >= 0.6 is 24.3 Å². The molecular weight excluding hydrogens is 459 g/mol. The molecule has 2 aromatic carbocycles. The number of allylic oxidation sites excluding steroid dienone is 1. The number of tetrazole rings is 1. The van der Waals surface area contributed by atoms with Gasteiger partial charge in [0.1, 0.15) is 0 Å². The molecule has 3 aromatic rings. The van der Waals surface area contributed by atoms with E-state index in [1.807, 2.05) is 32.0 Å². The van der Waals surface area contributed by atoms with E-state index < -0.39 is 5.97 Å². The van der Waals surface area contributed by atoms with Gasteiger partial charge in [0.2, 0.25) is 4.77 Å². The zero-order valence-electron chi connectivity index (χ0n) is 18.4. The van der Waals surface area contributed by atoms with E-state index in [1.165, 1.54) is 0 Å². The number of nitrogens with one attached hydrogen (secondary N) is 2. The standard InChI is InChI=1S/C20H22N6O4S2.Li/c1-4-25(12-19(27)28)18-11-16(9-10-17(18)13(2)3)32-30-29-22-14-5-7-15(8-6-14)26-20(31)21-23-24-26;/h5-11,22H,2,4,12H2,1,3H3,(H,27,28)(H,21,24,31);/q;+1/p-1. The summed E-state index contributed by atoms with van der Waals surface area (Å²) in [6, 6.07) is 12.7. The molecule has 2 N–H and O–H groups in total. The minimum Gasteiger partial charge on any atom is -0.548 e. The van der Waals surface area contributed by atoms with Crippen LogP contribution < -0.4 is 34.3 Å². The van der Waals surface area contributed by atoms with Gasteiger partial charge < -0.3 is 14.8 Å². The van der Waals surface area contributed by atoms with Gasteiger partial charge in [-0.1, -0.05) is 23.0 Å². The number of aliphatic carboxylic acids is 1. The first-order valence-electron chi connectivity index (χ1n) is 9.50. The second-order valence-electron chi connectivity index (χ2n) is 6.65. The number of hydrogen-bond acceptors (Lipinski definition) is 10. The van der Waals surface area contributed by atoms with Gasteiger partial charge in [-0.15, -0.1) is 9.32 Å². The van der Waals surface area contributed by atoms with Crippen LogP contribution in [-0.4, -0.2) is 39.3 Å². The number of likely N-dealkylation sites (N-methyl/N-ethyl adjacent to an activating group) is 1. The molecule has 0 aliphatic carbocycles. The van der Waals surface area contributed by atoms with Crippen LogP contribution in [0.25, 0.3) is 11.3 Å². The Hall–Kier alpha value is -2.59. The van der Waals surface area contributed by atoms with Gasteiger partial charge in [-0.05, 0) is 68.0 Å². The van der Waals surface area contributed by atoms with Crippen molar-refractivity contribution in [3.05, 3.63) is 59.4 Å². The van der Waals surface area contributed by atoms with Gasteiger partial charge in [-0.2, -0.15) is 5.21 Å². The molecule has 0 bridgehead atoms. The fourth-order valence-corrected chi connectivity index (χ4v) is 3.49. The number of carbonyl (C=O) groups excluding carboxylic acids is 1. The molecule has 0 aliphatic heterocycles. The molecule has 1 aromatic heterocycles. The van der Waals surface area contributed by atoms with Crippen LogP contribution in [0.2, 0.25) is 0 Å². The Labute approximate surface area is 212 Å². The number of aromatic amines is 1. The number of nitrogens with zero attached hydrogens (tertiary/aromatic N) is 4. The van der Waals surface area contributed by atoms with Crippen LogP contribution in [0.3, 0.4) is 0 Å². The van der Waals surface area contributed by atoms with E-state index >= 15 is 0 Å². The molecule has 0 fully saturated rings. The van der Waals surface area contributed by atoms with Crippen LogP contribution in [0.4, 0.5) is 11.4 Å². The Morgan fingerprint density at radius 1 is 1.33 bits per heavy atom. The van der Waals surface area contributed by atoms with E-state index in [0.717, 1.165) is 39.4 Å². The topological polar surface area (TPSA) is 120 Å². The number of H-pyrrole nitrogens is 1. The summed E-state index contributed by atoms with van der Waals surface area (Å²) in [5, 5.41) is 21.2. The third-order valence-corrected chi connectivity index (χ3v) is 5.24. The van der Waals surface area contributed by atoms with Crippen molar-refractivity contribution in [2.75, 3.05) is 23.5 Å². The summed E-state index contributed by atoms with van der Waals surface area (Å²) in [6.07, 6.45) is 0. The van der Waals surface area contributed by atoms with E-state index in [1.54, 1.807) is 33.8 Å². The maximum atomic E-state index is 11.1. The van der Waals surface area contributed by atoms with Crippen LogP contribution in [0.5, 0.6) is 0 Å². The molecule has 168 valence electrons. The predicted molar refractivity (Wildman–Crippen MR) is 122 cm³/mol. The Morgan fingerprint density at radius 2 is 2.06 bits per heavy atom. The second-order valence-corrected chi connectivity index (χ2v) is 7.79. The summed E-state index contributed by atoms with van der Waals surface area (Å²) in [4.78, 5) is 18.6. The summed E-state index contributed by atoms with van der Waals surface area (Å²) in [5.41, 5.74) is 6.50. The van der Waals surface area contributed by atoms with Crippen LogP contribution in [0.1, 0.15) is 19.4 Å². The second kappa shape index (κ2) is 12.6. The number of carboxylic acids is 1. The molecule has 13 heteroatoms. The minimum atomic E-state index is -1.15. The van der Waals surface area contributed by atoms with Gasteiger partial charge in [0.05, 0.1) is 35.9 Å². The number of anilines is 2. The number of rotatable bonds is 11. The maximum Gasteiger partial charge on any atom is 1.00 e. The Balaban J connectivity index is 0.00000385. The molecule has 0 saturated heterocycles. The summed E-state index contributed by atoms with van der Waals surface area (Å²) in [7, 11) is 0. The van der Waals surface area contributed by atoms with E-state index in [2.05, 4.69) is 27.6 Å². The number of aromatic nitrogens is 4. The monoisotopic (exact) mass is 480 g/mol. The first-order chi connectivity index (χ1) is 15.4. The molecule has 3 rings (SSSR count). The number of benzene rings is 2. The first-order valence-corrected chi connectivity index (χ1v) is 10.7. The molecule has 10 nitrogen and oxygen atoms in total. The molecule has 0 aliphatic rings. The van der Waals surface area contributed by atoms with Crippen molar-refractivity contribution in [3.8, 4) is 5.69 Å². The van der Waals surface area contributed by atoms with Gasteiger partial charge in [0, 0.05) is 22.7 Å². The summed E-state index contributed by atoms with van der Waals surface area (Å²) in [5.74, 6) is -1.15. The fourth-order valence-electron chi connectivity index (χ4n) is 2.87. The van der Waals surface area contributed by atoms with Crippen molar-refractivity contribution in [1.82, 2.24) is 20.2 Å². The van der Waals surface area contributed by atoms with Crippen molar-refractivity contribution in [1.29, 1.82) is 0 Å². The average molecular weight is 481 g/mol. The Kier molecular flexibility index (Phi) is 10.2. The molecule has 0 spiro atoms. The zero-order chi connectivity index (χ0) is 23.1. The fraction of sp³-hybridized carbons (Fsp3) is 0.200. The Bertz CT molecular complexity index is 1150. The molecule has 33 heavy (non-hydrogen) atoms. The quantitative estimate of drug-likeness (QED) is 0.0963. The minimum absolute atomic E-state index is 0. The third-order valence-electron chi connectivity index (χ3n) is 4.39. The largest absolute Gasteiger partial charge is 1.00 e. The van der Waals surface area contributed by atoms with Crippen LogP contribution in [-0.2, 0) is 14.1 Å². The van der Waals surface area contributed by atoms with Crippen molar-refractivity contribution in [2.24, 2.45) is 0 Å².